The predicted molar refractivity (Wildman–Crippen MR) is 24.2 cm³/mol. The number of aromatic nitrogens is 2. The monoisotopic (exact) mass is 129 g/mol. The van der Waals surface area contributed by atoms with E-state index in [4.69, 9.17) is 0 Å². The van der Waals surface area contributed by atoms with Gasteiger partial charge in [0.15, 0.2) is 5.01 Å². The van der Waals surface area contributed by atoms with Crippen LogP contribution in [0.15, 0.2) is 6.33 Å². The highest BCUT2D eigenvalue weighted by molar-refractivity contribution is 7.07. The molecule has 1 heterocycles. The molecule has 0 fully saturated rings. The Morgan fingerprint density at radius 2 is 2.62 bits per heavy atom. The molecule has 1 aromatic heterocycles. The molecule has 5 heteroatoms. The van der Waals surface area contributed by atoms with Crippen molar-refractivity contribution in [1.82, 2.24) is 9.36 Å². The molecule has 0 aliphatic heterocycles. The van der Waals surface area contributed by atoms with Crippen molar-refractivity contribution in [2.24, 2.45) is 0 Å². The largest absolute Gasteiger partial charge is 0.542 e. The van der Waals surface area contributed by atoms with Gasteiger partial charge in [-0.2, -0.15) is 4.37 Å². The predicted octanol–water partition coefficient (Wildman–Crippen LogP) is -1.10. The standard InChI is InChI=1S/C3H2N2O2S/c6-3(7)2-4-1-5-8-2/h1H,(H,6,7)/p-1. The number of carboxylic acid groups (broad SMARTS) is 1. The fourth-order valence-corrected chi connectivity index (χ4v) is 0.626. The third kappa shape index (κ3) is 0.812. The Labute approximate surface area is 49.0 Å². The lowest BCUT2D eigenvalue weighted by Gasteiger charge is -1.88. The van der Waals surface area contributed by atoms with E-state index < -0.39 is 5.97 Å². The summed E-state index contributed by atoms with van der Waals surface area (Å²) in [5.74, 6) is -1.27. The lowest BCUT2D eigenvalue weighted by molar-refractivity contribution is -0.255. The number of carbonyl (C=O) groups excluding carboxylic acids is 1. The highest BCUT2D eigenvalue weighted by atomic mass is 32.1. The van der Waals surface area contributed by atoms with Gasteiger partial charge in [0.1, 0.15) is 12.3 Å². The molecule has 0 N–H and O–H groups in total. The van der Waals surface area contributed by atoms with Crippen molar-refractivity contribution in [3.05, 3.63) is 11.3 Å². The number of nitrogens with zero attached hydrogens (tertiary/aromatic N) is 2. The van der Waals surface area contributed by atoms with Gasteiger partial charge in [0, 0.05) is 0 Å². The first-order valence-corrected chi connectivity index (χ1v) is 2.56. The Hall–Kier alpha value is -0.970. The second kappa shape index (κ2) is 1.87. The number of rotatable bonds is 1. The minimum absolute atomic E-state index is 0.0787. The molecule has 0 aliphatic rings. The van der Waals surface area contributed by atoms with Crippen molar-refractivity contribution >= 4 is 17.5 Å². The summed E-state index contributed by atoms with van der Waals surface area (Å²) in [6.45, 7) is 0. The van der Waals surface area contributed by atoms with E-state index in [9.17, 15) is 9.90 Å². The van der Waals surface area contributed by atoms with Gasteiger partial charge < -0.3 is 9.90 Å². The normalized spacial score (nSPS) is 9.00. The van der Waals surface area contributed by atoms with Gasteiger partial charge in [-0.15, -0.1) is 0 Å². The molecule has 4 nitrogen and oxygen atoms in total. The Morgan fingerprint density at radius 3 is 2.88 bits per heavy atom. The van der Waals surface area contributed by atoms with Crippen LogP contribution in [0, 0.1) is 0 Å². The molecular weight excluding hydrogens is 128 g/mol. The highest BCUT2D eigenvalue weighted by Gasteiger charge is 1.92. The molecule has 0 unspecified atom stereocenters. The summed E-state index contributed by atoms with van der Waals surface area (Å²) in [5.41, 5.74) is 0. The summed E-state index contributed by atoms with van der Waals surface area (Å²) in [7, 11) is 0. The molecular formula is C3HN2O2S-. The number of hydrogen-bond donors (Lipinski definition) is 0. The van der Waals surface area contributed by atoms with Gasteiger partial charge in [-0.3, -0.25) is 0 Å². The van der Waals surface area contributed by atoms with Gasteiger partial charge in [-0.1, -0.05) is 0 Å². The van der Waals surface area contributed by atoms with Crippen LogP contribution in [0.2, 0.25) is 0 Å². The molecule has 0 radical (unpaired) electrons. The molecule has 0 saturated carbocycles. The van der Waals surface area contributed by atoms with Gasteiger partial charge >= 0.3 is 0 Å². The summed E-state index contributed by atoms with van der Waals surface area (Å²) >= 11 is 0.808. The first-order valence-electron chi connectivity index (χ1n) is 1.78. The zero-order valence-corrected chi connectivity index (χ0v) is 4.51. The topological polar surface area (TPSA) is 65.9 Å². The third-order valence-corrected chi connectivity index (χ3v) is 1.18. The molecule has 42 valence electrons. The lowest BCUT2D eigenvalue weighted by Crippen LogP contribution is -2.21. The molecule has 1 aromatic rings. The van der Waals surface area contributed by atoms with Crippen LogP contribution in [0.25, 0.3) is 0 Å². The zero-order valence-electron chi connectivity index (χ0n) is 3.70. The fourth-order valence-electron chi connectivity index (χ4n) is 0.263. The van der Waals surface area contributed by atoms with Crippen molar-refractivity contribution in [3.63, 3.8) is 0 Å². The number of carboxylic acids is 1. The van der Waals surface area contributed by atoms with E-state index in [-0.39, 0.29) is 5.01 Å². The van der Waals surface area contributed by atoms with E-state index >= 15 is 0 Å². The van der Waals surface area contributed by atoms with Crippen molar-refractivity contribution in [2.45, 2.75) is 0 Å². The van der Waals surface area contributed by atoms with Crippen LogP contribution in [0.5, 0.6) is 0 Å². The average molecular weight is 129 g/mol. The van der Waals surface area contributed by atoms with Gasteiger partial charge in [0.25, 0.3) is 0 Å². The smallest absolute Gasteiger partial charge is 0.159 e. The second-order valence-corrected chi connectivity index (χ2v) is 1.81. The van der Waals surface area contributed by atoms with Gasteiger partial charge in [0.05, 0.1) is 0 Å². The molecule has 0 atom stereocenters. The van der Waals surface area contributed by atoms with Crippen LogP contribution >= 0.6 is 11.5 Å². The summed E-state index contributed by atoms with van der Waals surface area (Å²) in [5, 5.41) is 9.78. The van der Waals surface area contributed by atoms with Crippen LogP contribution in [-0.4, -0.2) is 15.3 Å². The summed E-state index contributed by atoms with van der Waals surface area (Å²) in [6, 6.07) is 0. The Balaban J connectivity index is 2.93. The van der Waals surface area contributed by atoms with Crippen molar-refractivity contribution in [2.75, 3.05) is 0 Å². The van der Waals surface area contributed by atoms with Crippen LogP contribution in [0.1, 0.15) is 9.80 Å². The summed E-state index contributed by atoms with van der Waals surface area (Å²) < 4.78 is 3.45. The SMILES string of the molecule is O=C([O-])c1ncns1. The lowest BCUT2D eigenvalue weighted by atomic mass is 10.7. The van der Waals surface area contributed by atoms with E-state index in [1.165, 1.54) is 6.33 Å². The van der Waals surface area contributed by atoms with E-state index in [0.29, 0.717) is 0 Å². The molecule has 0 aliphatic carbocycles. The van der Waals surface area contributed by atoms with Crippen molar-refractivity contribution in [1.29, 1.82) is 0 Å². The maximum atomic E-state index is 9.86. The maximum absolute atomic E-state index is 9.86. The minimum Gasteiger partial charge on any atom is -0.542 e. The van der Waals surface area contributed by atoms with E-state index in [2.05, 4.69) is 9.36 Å². The molecule has 0 saturated heterocycles. The van der Waals surface area contributed by atoms with E-state index in [0.717, 1.165) is 11.5 Å². The van der Waals surface area contributed by atoms with Crippen molar-refractivity contribution < 1.29 is 9.90 Å². The van der Waals surface area contributed by atoms with Crippen molar-refractivity contribution in [3.8, 4) is 0 Å². The number of carbonyl (C=O) groups is 1. The first-order chi connectivity index (χ1) is 3.80. The van der Waals surface area contributed by atoms with Crippen LogP contribution < -0.4 is 5.11 Å². The molecule has 0 bridgehead atoms. The molecule has 8 heavy (non-hydrogen) atoms. The van der Waals surface area contributed by atoms with Crippen LogP contribution in [0.3, 0.4) is 0 Å². The maximum Gasteiger partial charge on any atom is 0.159 e. The van der Waals surface area contributed by atoms with Crippen LogP contribution in [-0.2, 0) is 0 Å². The quantitative estimate of drug-likeness (QED) is 0.482. The molecule has 0 spiro atoms. The van der Waals surface area contributed by atoms with Crippen LogP contribution in [0.4, 0.5) is 0 Å². The molecule has 0 amide bonds. The number of hydrogen-bond acceptors (Lipinski definition) is 5. The highest BCUT2D eigenvalue weighted by Crippen LogP contribution is 1.95. The molecule has 1 rings (SSSR count). The Bertz CT molecular complexity index is 183. The summed E-state index contributed by atoms with van der Waals surface area (Å²) in [6.07, 6.45) is 1.18. The average Bonchev–Trinajstić information content (AvgIpc) is 2.12. The number of aromatic carboxylic acids is 1. The zero-order chi connectivity index (χ0) is 5.98. The van der Waals surface area contributed by atoms with Gasteiger partial charge in [0.2, 0.25) is 0 Å². The minimum atomic E-state index is -1.27. The van der Waals surface area contributed by atoms with E-state index in [1.807, 2.05) is 0 Å². The molecule has 0 aromatic carbocycles. The first kappa shape index (κ1) is 5.17. The fraction of sp³-hybridized carbons (Fsp3) is 0. The van der Waals surface area contributed by atoms with E-state index in [1.54, 1.807) is 0 Å². The van der Waals surface area contributed by atoms with Gasteiger partial charge in [-0.25, -0.2) is 4.98 Å². The third-order valence-electron chi connectivity index (χ3n) is 0.536. The second-order valence-electron chi connectivity index (χ2n) is 1.03. The summed E-state index contributed by atoms with van der Waals surface area (Å²) in [4.78, 5) is 13.2. The van der Waals surface area contributed by atoms with Gasteiger partial charge in [-0.05, 0) is 11.5 Å². The Morgan fingerprint density at radius 1 is 1.88 bits per heavy atom. The Kier molecular flexibility index (Phi) is 1.21.